The van der Waals surface area contributed by atoms with Gasteiger partial charge in [-0.05, 0) is 49.3 Å². The van der Waals surface area contributed by atoms with Crippen molar-refractivity contribution < 1.29 is 9.13 Å². The predicted octanol–water partition coefficient (Wildman–Crippen LogP) is 4.46. The molecule has 0 radical (unpaired) electrons. The van der Waals surface area contributed by atoms with Crippen LogP contribution >= 0.6 is 0 Å². The normalized spacial score (nSPS) is 19.0. The minimum Gasteiger partial charge on any atom is -0.494 e. The molecule has 112 valence electrons. The first-order chi connectivity index (χ1) is 9.60. The molecule has 2 rings (SSSR count). The van der Waals surface area contributed by atoms with E-state index in [2.05, 4.69) is 19.2 Å². The lowest BCUT2D eigenvalue weighted by Gasteiger charge is -2.30. The van der Waals surface area contributed by atoms with Crippen LogP contribution < -0.4 is 10.1 Å². The molecule has 1 aromatic carbocycles. The van der Waals surface area contributed by atoms with Crippen LogP contribution in [0.2, 0.25) is 0 Å². The topological polar surface area (TPSA) is 21.3 Å². The highest BCUT2D eigenvalue weighted by molar-refractivity contribution is 5.30. The smallest absolute Gasteiger partial charge is 0.165 e. The SMILES string of the molecule is CCC1(CNC(C)c2ccc(OC)c(F)c2)CCCC1. The molecule has 0 spiro atoms. The van der Waals surface area contributed by atoms with Gasteiger partial charge in [-0.3, -0.25) is 0 Å². The van der Waals surface area contributed by atoms with Crippen LogP contribution in [0.15, 0.2) is 18.2 Å². The fourth-order valence-corrected chi connectivity index (χ4v) is 3.22. The Hall–Kier alpha value is -1.09. The molecule has 1 aromatic rings. The minimum absolute atomic E-state index is 0.166. The number of methoxy groups -OCH3 is 1. The molecule has 20 heavy (non-hydrogen) atoms. The van der Waals surface area contributed by atoms with Crippen molar-refractivity contribution in [3.8, 4) is 5.75 Å². The standard InChI is InChI=1S/C17H26FNO/c1-4-17(9-5-6-10-17)12-19-13(2)14-7-8-16(20-3)15(18)11-14/h7-8,11,13,19H,4-6,9-10,12H2,1-3H3. The third-order valence-electron chi connectivity index (χ3n) is 4.87. The zero-order valence-corrected chi connectivity index (χ0v) is 12.8. The van der Waals surface area contributed by atoms with Crippen LogP contribution in [0, 0.1) is 11.2 Å². The summed E-state index contributed by atoms with van der Waals surface area (Å²) in [6, 6.07) is 5.38. The second-order valence-corrected chi connectivity index (χ2v) is 6.06. The van der Waals surface area contributed by atoms with E-state index in [1.807, 2.05) is 6.07 Å². The molecule has 1 saturated carbocycles. The van der Waals surface area contributed by atoms with Gasteiger partial charge in [0.15, 0.2) is 11.6 Å². The summed E-state index contributed by atoms with van der Waals surface area (Å²) in [5.74, 6) is 0.0199. The predicted molar refractivity (Wildman–Crippen MR) is 80.6 cm³/mol. The molecule has 1 atom stereocenters. The van der Waals surface area contributed by atoms with Crippen molar-refractivity contribution in [2.45, 2.75) is 52.0 Å². The lowest BCUT2D eigenvalue weighted by Crippen LogP contribution is -2.33. The minimum atomic E-state index is -0.287. The molecular formula is C17H26FNO. The molecule has 1 aliphatic rings. The van der Waals surface area contributed by atoms with Gasteiger partial charge in [0, 0.05) is 12.6 Å². The number of benzene rings is 1. The molecular weight excluding hydrogens is 253 g/mol. The van der Waals surface area contributed by atoms with Gasteiger partial charge in [-0.2, -0.15) is 0 Å². The number of rotatable bonds is 6. The molecule has 0 aliphatic heterocycles. The van der Waals surface area contributed by atoms with Gasteiger partial charge >= 0.3 is 0 Å². The Morgan fingerprint density at radius 3 is 2.60 bits per heavy atom. The highest BCUT2D eigenvalue weighted by Gasteiger charge is 2.31. The van der Waals surface area contributed by atoms with Gasteiger partial charge in [-0.25, -0.2) is 4.39 Å². The van der Waals surface area contributed by atoms with E-state index in [0.717, 1.165) is 12.1 Å². The molecule has 1 aliphatic carbocycles. The van der Waals surface area contributed by atoms with Gasteiger partial charge in [0.2, 0.25) is 0 Å². The van der Waals surface area contributed by atoms with E-state index in [9.17, 15) is 4.39 Å². The van der Waals surface area contributed by atoms with E-state index in [1.165, 1.54) is 39.2 Å². The van der Waals surface area contributed by atoms with E-state index in [0.29, 0.717) is 11.2 Å². The van der Waals surface area contributed by atoms with Crippen LogP contribution in [0.5, 0.6) is 5.75 Å². The van der Waals surface area contributed by atoms with E-state index in [-0.39, 0.29) is 11.9 Å². The van der Waals surface area contributed by atoms with Crippen LogP contribution in [0.25, 0.3) is 0 Å². The van der Waals surface area contributed by atoms with Gasteiger partial charge in [0.05, 0.1) is 7.11 Å². The van der Waals surface area contributed by atoms with Gasteiger partial charge in [0.1, 0.15) is 0 Å². The summed E-state index contributed by atoms with van der Waals surface area (Å²) in [6.45, 7) is 5.41. The molecule has 2 nitrogen and oxygen atoms in total. The second-order valence-electron chi connectivity index (χ2n) is 6.06. The van der Waals surface area contributed by atoms with E-state index in [4.69, 9.17) is 4.74 Å². The molecule has 0 heterocycles. The van der Waals surface area contributed by atoms with Crippen LogP contribution in [-0.4, -0.2) is 13.7 Å². The van der Waals surface area contributed by atoms with Gasteiger partial charge in [-0.15, -0.1) is 0 Å². The van der Waals surface area contributed by atoms with Crippen molar-refractivity contribution in [2.75, 3.05) is 13.7 Å². The Morgan fingerprint density at radius 2 is 2.05 bits per heavy atom. The summed E-state index contributed by atoms with van der Waals surface area (Å²) in [6.07, 6.45) is 6.56. The number of nitrogens with one attached hydrogen (secondary N) is 1. The third kappa shape index (κ3) is 3.32. The average Bonchev–Trinajstić information content (AvgIpc) is 2.94. The van der Waals surface area contributed by atoms with Crippen molar-refractivity contribution in [2.24, 2.45) is 5.41 Å². The Bertz CT molecular complexity index is 441. The van der Waals surface area contributed by atoms with Crippen LogP contribution in [0.3, 0.4) is 0 Å². The Balaban J connectivity index is 1.97. The largest absolute Gasteiger partial charge is 0.494 e. The molecule has 1 fully saturated rings. The van der Waals surface area contributed by atoms with Crippen molar-refractivity contribution in [1.29, 1.82) is 0 Å². The summed E-state index contributed by atoms with van der Waals surface area (Å²) in [5, 5.41) is 3.59. The molecule has 1 unspecified atom stereocenters. The lowest BCUT2D eigenvalue weighted by molar-refractivity contribution is 0.258. The molecule has 3 heteroatoms. The van der Waals surface area contributed by atoms with Crippen molar-refractivity contribution in [3.63, 3.8) is 0 Å². The fourth-order valence-electron chi connectivity index (χ4n) is 3.22. The highest BCUT2D eigenvalue weighted by atomic mass is 19.1. The maximum Gasteiger partial charge on any atom is 0.165 e. The highest BCUT2D eigenvalue weighted by Crippen LogP contribution is 2.40. The van der Waals surface area contributed by atoms with Gasteiger partial charge in [-0.1, -0.05) is 25.8 Å². The summed E-state index contributed by atoms with van der Waals surface area (Å²) in [4.78, 5) is 0. The van der Waals surface area contributed by atoms with Gasteiger partial charge < -0.3 is 10.1 Å². The van der Waals surface area contributed by atoms with Gasteiger partial charge in [0.25, 0.3) is 0 Å². The van der Waals surface area contributed by atoms with Crippen molar-refractivity contribution in [3.05, 3.63) is 29.6 Å². The Kier molecular flexibility index (Phi) is 5.03. The number of halogens is 1. The van der Waals surface area contributed by atoms with E-state index in [1.54, 1.807) is 12.1 Å². The first-order valence-electron chi connectivity index (χ1n) is 7.67. The molecule has 0 amide bonds. The van der Waals surface area contributed by atoms with E-state index < -0.39 is 0 Å². The number of hydrogen-bond donors (Lipinski definition) is 1. The van der Waals surface area contributed by atoms with Crippen LogP contribution in [0.4, 0.5) is 4.39 Å². The monoisotopic (exact) mass is 279 g/mol. The Morgan fingerprint density at radius 1 is 1.35 bits per heavy atom. The third-order valence-corrected chi connectivity index (χ3v) is 4.87. The zero-order valence-electron chi connectivity index (χ0n) is 12.8. The van der Waals surface area contributed by atoms with Crippen molar-refractivity contribution in [1.82, 2.24) is 5.32 Å². The van der Waals surface area contributed by atoms with Crippen molar-refractivity contribution >= 4 is 0 Å². The second kappa shape index (κ2) is 6.57. The summed E-state index contributed by atoms with van der Waals surface area (Å²) >= 11 is 0. The molecule has 0 saturated heterocycles. The molecule has 1 N–H and O–H groups in total. The summed E-state index contributed by atoms with van der Waals surface area (Å²) in [5.41, 5.74) is 1.44. The lowest BCUT2D eigenvalue weighted by atomic mass is 9.83. The zero-order chi connectivity index (χ0) is 14.6. The van der Waals surface area contributed by atoms with Crippen LogP contribution in [-0.2, 0) is 0 Å². The fraction of sp³-hybridized carbons (Fsp3) is 0.647. The van der Waals surface area contributed by atoms with Crippen LogP contribution in [0.1, 0.15) is 57.6 Å². The quantitative estimate of drug-likeness (QED) is 0.830. The number of hydrogen-bond acceptors (Lipinski definition) is 2. The summed E-state index contributed by atoms with van der Waals surface area (Å²) < 4.78 is 18.7. The Labute approximate surface area is 121 Å². The maximum atomic E-state index is 13.7. The molecule has 0 aromatic heterocycles. The first kappa shape index (κ1) is 15.3. The first-order valence-corrected chi connectivity index (χ1v) is 7.67. The number of ether oxygens (including phenoxy) is 1. The molecule has 0 bridgehead atoms. The summed E-state index contributed by atoms with van der Waals surface area (Å²) in [7, 11) is 1.49. The van der Waals surface area contributed by atoms with E-state index >= 15 is 0 Å². The maximum absolute atomic E-state index is 13.7. The average molecular weight is 279 g/mol.